The van der Waals surface area contributed by atoms with Gasteiger partial charge in [0.15, 0.2) is 0 Å². The second-order valence-electron chi connectivity index (χ2n) is 5.44. The molecule has 0 aliphatic carbocycles. The molecule has 0 saturated heterocycles. The lowest BCUT2D eigenvalue weighted by atomic mass is 9.98. The van der Waals surface area contributed by atoms with E-state index in [9.17, 15) is 0 Å². The van der Waals surface area contributed by atoms with Crippen LogP contribution in [0.1, 0.15) is 32.3 Å². The van der Waals surface area contributed by atoms with Crippen molar-refractivity contribution in [2.45, 2.75) is 33.1 Å². The monoisotopic (exact) mass is 302 g/mol. The first kappa shape index (κ1) is 16.8. The van der Waals surface area contributed by atoms with Gasteiger partial charge in [-0.25, -0.2) is 0 Å². The SMILES string of the molecule is CC(C)CCOCCC(CCl)Cc1cccc(Cl)c1. The molecule has 0 fully saturated rings. The number of halogens is 2. The van der Waals surface area contributed by atoms with Crippen LogP contribution in [0.5, 0.6) is 0 Å². The average Bonchev–Trinajstić information content (AvgIpc) is 2.36. The highest BCUT2D eigenvalue weighted by Crippen LogP contribution is 2.17. The highest BCUT2D eigenvalue weighted by Gasteiger charge is 2.09. The van der Waals surface area contributed by atoms with Crippen LogP contribution < -0.4 is 0 Å². The molecular formula is C16H24Cl2O. The number of alkyl halides is 1. The number of hydrogen-bond donors (Lipinski definition) is 0. The molecule has 1 aromatic rings. The molecule has 0 spiro atoms. The van der Waals surface area contributed by atoms with E-state index in [1.54, 1.807) is 0 Å². The average molecular weight is 303 g/mol. The predicted octanol–water partition coefficient (Wildman–Crippen LogP) is 5.19. The fraction of sp³-hybridized carbons (Fsp3) is 0.625. The summed E-state index contributed by atoms with van der Waals surface area (Å²) in [7, 11) is 0. The Hall–Kier alpha value is -0.240. The molecular weight excluding hydrogens is 279 g/mol. The molecule has 1 nitrogen and oxygen atoms in total. The Kier molecular flexibility index (Phi) is 8.52. The van der Waals surface area contributed by atoms with Crippen molar-refractivity contribution < 1.29 is 4.74 Å². The van der Waals surface area contributed by atoms with Gasteiger partial charge in [-0.1, -0.05) is 37.6 Å². The van der Waals surface area contributed by atoms with Crippen LogP contribution >= 0.6 is 23.2 Å². The Morgan fingerprint density at radius 1 is 1.16 bits per heavy atom. The largest absolute Gasteiger partial charge is 0.381 e. The highest BCUT2D eigenvalue weighted by molar-refractivity contribution is 6.30. The van der Waals surface area contributed by atoms with Crippen LogP contribution in [-0.2, 0) is 11.2 Å². The summed E-state index contributed by atoms with van der Waals surface area (Å²) in [4.78, 5) is 0. The molecule has 0 bridgehead atoms. The van der Waals surface area contributed by atoms with Crippen molar-refractivity contribution in [1.82, 2.24) is 0 Å². The van der Waals surface area contributed by atoms with E-state index in [1.165, 1.54) is 5.56 Å². The summed E-state index contributed by atoms with van der Waals surface area (Å²) in [6.45, 7) is 6.07. The van der Waals surface area contributed by atoms with Crippen molar-refractivity contribution in [1.29, 1.82) is 0 Å². The van der Waals surface area contributed by atoms with E-state index in [0.717, 1.165) is 37.5 Å². The Morgan fingerprint density at radius 3 is 2.53 bits per heavy atom. The van der Waals surface area contributed by atoms with Crippen LogP contribution in [0, 0.1) is 11.8 Å². The van der Waals surface area contributed by atoms with Crippen molar-refractivity contribution >= 4 is 23.2 Å². The van der Waals surface area contributed by atoms with E-state index in [4.69, 9.17) is 27.9 Å². The molecule has 0 heterocycles. The topological polar surface area (TPSA) is 9.23 Å². The quantitative estimate of drug-likeness (QED) is 0.450. The second-order valence-corrected chi connectivity index (χ2v) is 6.18. The fourth-order valence-corrected chi connectivity index (χ4v) is 2.38. The van der Waals surface area contributed by atoms with Gasteiger partial charge in [-0.15, -0.1) is 11.6 Å². The van der Waals surface area contributed by atoms with Crippen LogP contribution in [0.15, 0.2) is 24.3 Å². The molecule has 0 aliphatic heterocycles. The Morgan fingerprint density at radius 2 is 1.89 bits per heavy atom. The maximum Gasteiger partial charge on any atom is 0.0469 e. The van der Waals surface area contributed by atoms with Crippen molar-refractivity contribution in [2.24, 2.45) is 11.8 Å². The van der Waals surface area contributed by atoms with Crippen molar-refractivity contribution in [2.75, 3.05) is 19.1 Å². The highest BCUT2D eigenvalue weighted by atomic mass is 35.5. The number of hydrogen-bond acceptors (Lipinski definition) is 1. The smallest absolute Gasteiger partial charge is 0.0469 e. The minimum absolute atomic E-state index is 0.458. The Bertz CT molecular complexity index is 352. The molecule has 19 heavy (non-hydrogen) atoms. The van der Waals surface area contributed by atoms with Gasteiger partial charge in [-0.2, -0.15) is 0 Å². The number of benzene rings is 1. The first-order valence-electron chi connectivity index (χ1n) is 7.00. The summed E-state index contributed by atoms with van der Waals surface area (Å²) in [5.41, 5.74) is 1.25. The molecule has 0 radical (unpaired) electrons. The van der Waals surface area contributed by atoms with Crippen molar-refractivity contribution in [3.63, 3.8) is 0 Å². The minimum atomic E-state index is 0.458. The lowest BCUT2D eigenvalue weighted by molar-refractivity contribution is 0.112. The molecule has 1 atom stereocenters. The van der Waals surface area contributed by atoms with Gasteiger partial charge in [0.25, 0.3) is 0 Å². The van der Waals surface area contributed by atoms with Crippen LogP contribution in [0.4, 0.5) is 0 Å². The van der Waals surface area contributed by atoms with Gasteiger partial charge < -0.3 is 4.74 Å². The van der Waals surface area contributed by atoms with Gasteiger partial charge in [0.05, 0.1) is 0 Å². The third-order valence-corrected chi connectivity index (χ3v) is 3.81. The van der Waals surface area contributed by atoms with E-state index < -0.39 is 0 Å². The van der Waals surface area contributed by atoms with E-state index in [0.29, 0.717) is 17.7 Å². The summed E-state index contributed by atoms with van der Waals surface area (Å²) in [6, 6.07) is 8.00. The molecule has 0 aromatic heterocycles. The van der Waals surface area contributed by atoms with Crippen molar-refractivity contribution in [3.8, 4) is 0 Å². The van der Waals surface area contributed by atoms with Crippen LogP contribution in [0.25, 0.3) is 0 Å². The molecule has 0 saturated carbocycles. The Labute approximate surface area is 127 Å². The van der Waals surface area contributed by atoms with Gasteiger partial charge in [0, 0.05) is 24.1 Å². The van der Waals surface area contributed by atoms with Crippen LogP contribution in [-0.4, -0.2) is 19.1 Å². The molecule has 3 heteroatoms. The van der Waals surface area contributed by atoms with E-state index >= 15 is 0 Å². The third kappa shape index (κ3) is 7.81. The zero-order chi connectivity index (χ0) is 14.1. The Balaban J connectivity index is 2.26. The lowest BCUT2D eigenvalue weighted by Crippen LogP contribution is -2.11. The third-order valence-electron chi connectivity index (χ3n) is 3.14. The summed E-state index contributed by atoms with van der Waals surface area (Å²) < 4.78 is 5.65. The summed E-state index contributed by atoms with van der Waals surface area (Å²) in [6.07, 6.45) is 3.10. The first-order valence-corrected chi connectivity index (χ1v) is 7.91. The molecule has 108 valence electrons. The fourth-order valence-electron chi connectivity index (χ4n) is 1.90. The summed E-state index contributed by atoms with van der Waals surface area (Å²) in [5.74, 6) is 1.83. The minimum Gasteiger partial charge on any atom is -0.381 e. The maximum absolute atomic E-state index is 6.03. The number of ether oxygens (including phenoxy) is 1. The summed E-state index contributed by atoms with van der Waals surface area (Å²) in [5, 5.41) is 0.791. The molecule has 1 unspecified atom stereocenters. The van der Waals surface area contributed by atoms with Gasteiger partial charge in [-0.3, -0.25) is 0 Å². The van der Waals surface area contributed by atoms with E-state index in [-0.39, 0.29) is 0 Å². The standard InChI is InChI=1S/C16H24Cl2O/c1-13(2)6-8-19-9-7-15(12-17)10-14-4-3-5-16(18)11-14/h3-5,11,13,15H,6-10,12H2,1-2H3. The van der Waals surface area contributed by atoms with Gasteiger partial charge in [0.1, 0.15) is 0 Å². The predicted molar refractivity (Wildman–Crippen MR) is 84.3 cm³/mol. The maximum atomic E-state index is 6.03. The summed E-state index contributed by atoms with van der Waals surface area (Å²) >= 11 is 12.0. The molecule has 1 rings (SSSR count). The van der Waals surface area contributed by atoms with E-state index in [1.807, 2.05) is 18.2 Å². The normalized spacial score (nSPS) is 12.9. The van der Waals surface area contributed by atoms with Crippen molar-refractivity contribution in [3.05, 3.63) is 34.9 Å². The van der Waals surface area contributed by atoms with Gasteiger partial charge in [0.2, 0.25) is 0 Å². The van der Waals surface area contributed by atoms with Crippen LogP contribution in [0.3, 0.4) is 0 Å². The zero-order valence-electron chi connectivity index (χ0n) is 11.9. The molecule has 0 aliphatic rings. The van der Waals surface area contributed by atoms with Gasteiger partial charge >= 0.3 is 0 Å². The molecule has 0 N–H and O–H groups in total. The molecule has 0 amide bonds. The zero-order valence-corrected chi connectivity index (χ0v) is 13.4. The number of rotatable bonds is 9. The van der Waals surface area contributed by atoms with E-state index in [2.05, 4.69) is 19.9 Å². The molecule has 1 aromatic carbocycles. The first-order chi connectivity index (χ1) is 9.11. The van der Waals surface area contributed by atoms with Gasteiger partial charge in [-0.05, 0) is 48.8 Å². The second kappa shape index (κ2) is 9.63. The lowest BCUT2D eigenvalue weighted by Gasteiger charge is -2.14. The van der Waals surface area contributed by atoms with Crippen LogP contribution in [0.2, 0.25) is 5.02 Å².